The van der Waals surface area contributed by atoms with Crippen molar-refractivity contribution in [3.05, 3.63) is 29.1 Å². The Hall–Kier alpha value is -1.50. The molecule has 10 nitrogen and oxygen atoms in total. The number of ether oxygens (including phenoxy) is 4. The molecule has 172 valence electrons. The quantitative estimate of drug-likeness (QED) is 0.463. The molecule has 0 spiro atoms. The molecular weight excluding hydrogens is 444 g/mol. The lowest BCUT2D eigenvalue weighted by Crippen LogP contribution is -2.25. The zero-order valence-corrected chi connectivity index (χ0v) is 19.7. The van der Waals surface area contributed by atoms with Gasteiger partial charge in [-0.05, 0) is 25.3 Å². The fraction of sp³-hybridized carbons (Fsp3) is 0.684. The molecule has 2 aromatic heterocycles. The highest BCUT2D eigenvalue weighted by Crippen LogP contribution is 2.32. The first-order valence-electron chi connectivity index (χ1n) is 10.0. The van der Waals surface area contributed by atoms with Gasteiger partial charge in [-0.3, -0.25) is 9.29 Å². The van der Waals surface area contributed by atoms with Gasteiger partial charge < -0.3 is 18.9 Å². The van der Waals surface area contributed by atoms with Crippen LogP contribution in [0.25, 0.3) is 0 Å². The molecular formula is C19H29ClN6O4S. The summed E-state index contributed by atoms with van der Waals surface area (Å²) < 4.78 is 27.5. The van der Waals surface area contributed by atoms with Crippen molar-refractivity contribution < 1.29 is 18.9 Å². The van der Waals surface area contributed by atoms with E-state index in [-0.39, 0.29) is 23.3 Å². The molecule has 1 fully saturated rings. The fourth-order valence-electron chi connectivity index (χ4n) is 3.52. The molecule has 1 saturated heterocycles. The molecule has 1 aliphatic rings. The Labute approximate surface area is 191 Å². The second-order valence-electron chi connectivity index (χ2n) is 7.22. The van der Waals surface area contributed by atoms with Crippen LogP contribution in [0.4, 0.5) is 5.95 Å². The Kier molecular flexibility index (Phi) is 9.30. The van der Waals surface area contributed by atoms with Gasteiger partial charge >= 0.3 is 0 Å². The van der Waals surface area contributed by atoms with Gasteiger partial charge in [-0.2, -0.15) is 0 Å². The standard InChI is InChI=1S/C19H29ClN6O4S/c1-12(16(29-4)17-21-7-14(20)8-22-17)31-25-19-24-23-18(13-5-6-30-9-13)26(19)15(10-27-2)11-28-3/h7-8,12-13,15-16H,5-6,9-11H2,1-4H3,(H,24,25). The lowest BCUT2D eigenvalue weighted by atomic mass is 10.1. The maximum Gasteiger partial charge on any atom is 0.235 e. The smallest absolute Gasteiger partial charge is 0.235 e. The predicted octanol–water partition coefficient (Wildman–Crippen LogP) is 2.90. The van der Waals surface area contributed by atoms with Crippen LogP contribution in [-0.2, 0) is 18.9 Å². The molecule has 0 aliphatic carbocycles. The monoisotopic (exact) mass is 472 g/mol. The predicted molar refractivity (Wildman–Crippen MR) is 118 cm³/mol. The molecule has 0 saturated carbocycles. The molecule has 31 heavy (non-hydrogen) atoms. The largest absolute Gasteiger partial charge is 0.382 e. The van der Waals surface area contributed by atoms with Gasteiger partial charge in [0.1, 0.15) is 11.9 Å². The second kappa shape index (κ2) is 11.9. The zero-order valence-electron chi connectivity index (χ0n) is 18.2. The van der Waals surface area contributed by atoms with Crippen molar-refractivity contribution in [1.82, 2.24) is 24.7 Å². The molecule has 3 atom stereocenters. The van der Waals surface area contributed by atoms with E-state index in [1.54, 1.807) is 33.7 Å². The van der Waals surface area contributed by atoms with E-state index >= 15 is 0 Å². The van der Waals surface area contributed by atoms with Crippen LogP contribution >= 0.6 is 23.5 Å². The van der Waals surface area contributed by atoms with Crippen molar-refractivity contribution in [2.75, 3.05) is 52.5 Å². The van der Waals surface area contributed by atoms with E-state index in [4.69, 9.17) is 30.5 Å². The third kappa shape index (κ3) is 6.05. The Morgan fingerprint density at radius 3 is 2.52 bits per heavy atom. The lowest BCUT2D eigenvalue weighted by Gasteiger charge is -2.24. The molecule has 3 heterocycles. The normalized spacial score (nSPS) is 18.5. The maximum atomic E-state index is 5.90. The van der Waals surface area contributed by atoms with Gasteiger partial charge in [-0.15, -0.1) is 10.2 Å². The lowest BCUT2D eigenvalue weighted by molar-refractivity contribution is 0.0881. The molecule has 12 heteroatoms. The summed E-state index contributed by atoms with van der Waals surface area (Å²) >= 11 is 7.36. The van der Waals surface area contributed by atoms with E-state index in [0.717, 1.165) is 18.9 Å². The van der Waals surface area contributed by atoms with Crippen LogP contribution in [0, 0.1) is 0 Å². The van der Waals surface area contributed by atoms with Crippen LogP contribution in [0.3, 0.4) is 0 Å². The number of anilines is 1. The number of nitrogens with one attached hydrogen (secondary N) is 1. The SMILES string of the molecule is COCC(COC)n1c(NSC(C)C(OC)c2ncc(Cl)cn2)nnc1C1CCOC1. The molecule has 1 aliphatic heterocycles. The average Bonchev–Trinajstić information content (AvgIpc) is 3.43. The number of rotatable bonds is 12. The highest BCUT2D eigenvalue weighted by atomic mass is 35.5. The fourth-order valence-corrected chi connectivity index (χ4v) is 4.40. The molecule has 0 aromatic carbocycles. The zero-order chi connectivity index (χ0) is 22.2. The summed E-state index contributed by atoms with van der Waals surface area (Å²) in [5, 5.41) is 9.33. The van der Waals surface area contributed by atoms with Crippen LogP contribution in [0.15, 0.2) is 12.4 Å². The van der Waals surface area contributed by atoms with Crippen molar-refractivity contribution in [1.29, 1.82) is 0 Å². The van der Waals surface area contributed by atoms with Crippen molar-refractivity contribution in [3.63, 3.8) is 0 Å². The minimum Gasteiger partial charge on any atom is -0.382 e. The van der Waals surface area contributed by atoms with Crippen LogP contribution < -0.4 is 4.72 Å². The Morgan fingerprint density at radius 1 is 1.23 bits per heavy atom. The Morgan fingerprint density at radius 2 is 1.94 bits per heavy atom. The first-order valence-corrected chi connectivity index (χ1v) is 11.3. The molecule has 3 unspecified atom stereocenters. The third-order valence-corrected chi connectivity index (χ3v) is 6.13. The second-order valence-corrected chi connectivity index (χ2v) is 8.84. The van der Waals surface area contributed by atoms with Crippen LogP contribution in [-0.4, -0.2) is 77.7 Å². The van der Waals surface area contributed by atoms with Gasteiger partial charge in [0, 0.05) is 46.2 Å². The van der Waals surface area contributed by atoms with E-state index in [2.05, 4.69) is 29.5 Å². The van der Waals surface area contributed by atoms with Crippen LogP contribution in [0.2, 0.25) is 5.02 Å². The Balaban J connectivity index is 1.78. The number of halogens is 1. The number of methoxy groups -OCH3 is 3. The number of aromatic nitrogens is 5. The van der Waals surface area contributed by atoms with E-state index < -0.39 is 0 Å². The molecule has 2 aromatic rings. The minimum atomic E-state index is -0.331. The van der Waals surface area contributed by atoms with Gasteiger partial charge in [0.15, 0.2) is 5.82 Å². The number of nitrogens with zero attached hydrogens (tertiary/aromatic N) is 5. The summed E-state index contributed by atoms with van der Waals surface area (Å²) in [6.07, 6.45) is 3.71. The summed E-state index contributed by atoms with van der Waals surface area (Å²) in [5.74, 6) is 2.26. The van der Waals surface area contributed by atoms with Gasteiger partial charge in [-0.25, -0.2) is 9.97 Å². The maximum absolute atomic E-state index is 5.90. The summed E-state index contributed by atoms with van der Waals surface area (Å²) in [6.45, 7) is 4.33. The average molecular weight is 473 g/mol. The van der Waals surface area contributed by atoms with Crippen LogP contribution in [0.5, 0.6) is 0 Å². The molecule has 1 N–H and O–H groups in total. The number of hydrogen-bond donors (Lipinski definition) is 1. The van der Waals surface area contributed by atoms with Gasteiger partial charge in [0.25, 0.3) is 0 Å². The molecule has 0 amide bonds. The van der Waals surface area contributed by atoms with E-state index in [9.17, 15) is 0 Å². The first-order chi connectivity index (χ1) is 15.1. The minimum absolute atomic E-state index is 0.0297. The van der Waals surface area contributed by atoms with E-state index in [0.29, 0.717) is 36.6 Å². The summed E-state index contributed by atoms with van der Waals surface area (Å²) in [4.78, 5) is 8.57. The van der Waals surface area contributed by atoms with Gasteiger partial charge in [0.2, 0.25) is 5.95 Å². The van der Waals surface area contributed by atoms with Crippen molar-refractivity contribution >= 4 is 29.5 Å². The molecule has 0 radical (unpaired) electrons. The third-order valence-electron chi connectivity index (χ3n) is 5.01. The summed E-state index contributed by atoms with van der Waals surface area (Å²) in [6, 6.07) is -0.0724. The molecule has 3 rings (SSSR count). The van der Waals surface area contributed by atoms with Crippen LogP contribution in [0.1, 0.15) is 43.1 Å². The highest BCUT2D eigenvalue weighted by Gasteiger charge is 2.30. The number of hydrogen-bond acceptors (Lipinski definition) is 10. The van der Waals surface area contributed by atoms with Crippen molar-refractivity contribution in [2.45, 2.75) is 36.7 Å². The highest BCUT2D eigenvalue weighted by molar-refractivity contribution is 8.01. The van der Waals surface area contributed by atoms with E-state index in [1.165, 1.54) is 11.9 Å². The molecule has 0 bridgehead atoms. The topological polar surface area (TPSA) is 105 Å². The van der Waals surface area contributed by atoms with E-state index in [1.807, 2.05) is 6.92 Å². The van der Waals surface area contributed by atoms with Crippen molar-refractivity contribution in [2.24, 2.45) is 0 Å². The summed E-state index contributed by atoms with van der Waals surface area (Å²) in [7, 11) is 4.97. The Bertz CT molecular complexity index is 799. The first kappa shape index (κ1) is 24.1. The van der Waals surface area contributed by atoms with Gasteiger partial charge in [-0.1, -0.05) is 11.6 Å². The van der Waals surface area contributed by atoms with Crippen molar-refractivity contribution in [3.8, 4) is 0 Å². The van der Waals surface area contributed by atoms with Gasteiger partial charge in [0.05, 0.1) is 36.1 Å². The summed E-state index contributed by atoms with van der Waals surface area (Å²) in [5.41, 5.74) is 0.